The molecule has 0 amide bonds. The molecule has 7 heteroatoms. The molecule has 23 heavy (non-hydrogen) atoms. The van der Waals surface area contributed by atoms with E-state index in [4.69, 9.17) is 14.2 Å². The number of rotatable bonds is 6. The summed E-state index contributed by atoms with van der Waals surface area (Å²) in [5.41, 5.74) is 1.76. The zero-order chi connectivity index (χ0) is 16.7. The molecule has 0 atom stereocenters. The van der Waals surface area contributed by atoms with E-state index in [9.17, 15) is 4.79 Å². The van der Waals surface area contributed by atoms with Crippen LogP contribution in [-0.2, 0) is 20.9 Å². The zero-order valence-corrected chi connectivity index (χ0v) is 14.2. The van der Waals surface area contributed by atoms with Crippen molar-refractivity contribution in [2.75, 3.05) is 14.2 Å². The fourth-order valence-electron chi connectivity index (χ4n) is 1.88. The van der Waals surface area contributed by atoms with Crippen molar-refractivity contribution in [3.05, 3.63) is 58.5 Å². The van der Waals surface area contributed by atoms with E-state index < -0.39 is 5.97 Å². The highest BCUT2D eigenvalue weighted by Crippen LogP contribution is 2.22. The molecule has 0 bridgehead atoms. The van der Waals surface area contributed by atoms with E-state index in [0.717, 1.165) is 10.0 Å². The molecule has 0 fully saturated rings. The lowest BCUT2D eigenvalue weighted by molar-refractivity contribution is -0.133. The Hall–Kier alpha value is -2.41. The van der Waals surface area contributed by atoms with E-state index in [1.54, 1.807) is 18.5 Å². The van der Waals surface area contributed by atoms with Crippen LogP contribution in [-0.4, -0.2) is 30.2 Å². The number of carbonyl (C=O) groups excluding carboxylic acids is 1. The lowest BCUT2D eigenvalue weighted by Crippen LogP contribution is -2.08. The van der Waals surface area contributed by atoms with Crippen molar-refractivity contribution >= 4 is 27.5 Å². The fourth-order valence-corrected chi connectivity index (χ4v) is 2.08. The van der Waals surface area contributed by atoms with Crippen molar-refractivity contribution in [1.82, 2.24) is 9.97 Å². The fraction of sp³-hybridized carbons (Fsp3) is 0.188. The van der Waals surface area contributed by atoms with Gasteiger partial charge in [-0.3, -0.25) is 0 Å². The first-order valence-electron chi connectivity index (χ1n) is 6.65. The minimum Gasteiger partial charge on any atom is -0.503 e. The quantitative estimate of drug-likeness (QED) is 0.437. The Labute approximate surface area is 142 Å². The van der Waals surface area contributed by atoms with Gasteiger partial charge in [0.05, 0.1) is 25.0 Å². The van der Waals surface area contributed by atoms with Crippen molar-refractivity contribution < 1.29 is 19.0 Å². The van der Waals surface area contributed by atoms with Crippen molar-refractivity contribution in [2.45, 2.75) is 6.61 Å². The summed E-state index contributed by atoms with van der Waals surface area (Å²) in [6, 6.07) is 7.57. The van der Waals surface area contributed by atoms with E-state index >= 15 is 0 Å². The minimum atomic E-state index is -0.487. The van der Waals surface area contributed by atoms with Crippen molar-refractivity contribution in [1.29, 1.82) is 0 Å². The number of aromatic nitrogens is 2. The van der Waals surface area contributed by atoms with Crippen LogP contribution in [0, 0.1) is 0 Å². The zero-order valence-electron chi connectivity index (χ0n) is 12.7. The third-order valence-corrected chi connectivity index (χ3v) is 3.31. The van der Waals surface area contributed by atoms with Crippen LogP contribution < -0.4 is 4.74 Å². The predicted molar refractivity (Wildman–Crippen MR) is 87.5 cm³/mol. The highest BCUT2D eigenvalue weighted by atomic mass is 79.9. The molecule has 0 aliphatic rings. The number of hydrogen-bond acceptors (Lipinski definition) is 6. The Balaban J connectivity index is 2.24. The number of hydrogen-bond donors (Lipinski definition) is 0. The molecule has 0 radical (unpaired) electrons. The van der Waals surface area contributed by atoms with Gasteiger partial charge in [-0.05, 0) is 27.1 Å². The summed E-state index contributed by atoms with van der Waals surface area (Å²) in [5.74, 6) is -0.487. The molecular formula is C16H15BrN2O4. The summed E-state index contributed by atoms with van der Waals surface area (Å²) in [6.45, 7) is 0.204. The lowest BCUT2D eigenvalue weighted by Gasteiger charge is -2.11. The van der Waals surface area contributed by atoms with Gasteiger partial charge in [0.2, 0.25) is 0 Å². The number of benzene rings is 1. The second kappa shape index (κ2) is 8.28. The van der Waals surface area contributed by atoms with E-state index in [2.05, 4.69) is 25.9 Å². The SMILES string of the molecule is CO/C=C(/C(=O)OC)c1ccccc1COc1ncc(Br)cn1. The molecule has 0 N–H and O–H groups in total. The van der Waals surface area contributed by atoms with E-state index in [1.807, 2.05) is 18.2 Å². The van der Waals surface area contributed by atoms with Gasteiger partial charge in [-0.1, -0.05) is 24.3 Å². The normalized spacial score (nSPS) is 11.0. The van der Waals surface area contributed by atoms with E-state index in [-0.39, 0.29) is 12.6 Å². The maximum Gasteiger partial charge on any atom is 0.341 e. The molecule has 0 aliphatic carbocycles. The molecule has 0 aliphatic heterocycles. The smallest absolute Gasteiger partial charge is 0.341 e. The molecule has 120 valence electrons. The molecular weight excluding hydrogens is 364 g/mol. The largest absolute Gasteiger partial charge is 0.503 e. The monoisotopic (exact) mass is 378 g/mol. The first-order valence-corrected chi connectivity index (χ1v) is 7.45. The second-order valence-electron chi connectivity index (χ2n) is 4.39. The predicted octanol–water partition coefficient (Wildman–Crippen LogP) is 2.98. The summed E-state index contributed by atoms with van der Waals surface area (Å²) in [7, 11) is 2.79. The highest BCUT2D eigenvalue weighted by Gasteiger charge is 2.17. The maximum atomic E-state index is 11.9. The number of halogens is 1. The molecule has 1 aromatic carbocycles. The molecule has 2 aromatic rings. The second-order valence-corrected chi connectivity index (χ2v) is 5.30. The van der Waals surface area contributed by atoms with Gasteiger partial charge >= 0.3 is 12.0 Å². The van der Waals surface area contributed by atoms with Crippen molar-refractivity contribution in [2.24, 2.45) is 0 Å². The molecule has 1 heterocycles. The van der Waals surface area contributed by atoms with Gasteiger partial charge in [-0.2, -0.15) is 0 Å². The first-order chi connectivity index (χ1) is 11.2. The van der Waals surface area contributed by atoms with Gasteiger partial charge in [-0.15, -0.1) is 0 Å². The Morgan fingerprint density at radius 3 is 2.57 bits per heavy atom. The van der Waals surface area contributed by atoms with Crippen molar-refractivity contribution in [3.63, 3.8) is 0 Å². The molecule has 0 saturated heterocycles. The highest BCUT2D eigenvalue weighted by molar-refractivity contribution is 9.10. The molecule has 1 aromatic heterocycles. The Bertz CT molecular complexity index is 701. The maximum absolute atomic E-state index is 11.9. The van der Waals surface area contributed by atoms with Crippen LogP contribution in [0.4, 0.5) is 0 Å². The van der Waals surface area contributed by atoms with Gasteiger partial charge < -0.3 is 14.2 Å². The summed E-state index contributed by atoms with van der Waals surface area (Å²) in [4.78, 5) is 20.0. The Morgan fingerprint density at radius 2 is 1.91 bits per heavy atom. The van der Waals surface area contributed by atoms with Gasteiger partial charge in [-0.25, -0.2) is 14.8 Å². The summed E-state index contributed by atoms with van der Waals surface area (Å²) in [5, 5.41) is 0. The average Bonchev–Trinajstić information content (AvgIpc) is 2.59. The number of ether oxygens (including phenoxy) is 3. The number of nitrogens with zero attached hydrogens (tertiary/aromatic N) is 2. The molecule has 2 rings (SSSR count). The molecule has 0 unspecified atom stereocenters. The van der Waals surface area contributed by atoms with Gasteiger partial charge in [0.1, 0.15) is 12.2 Å². The minimum absolute atomic E-state index is 0.204. The number of esters is 1. The van der Waals surface area contributed by atoms with Crippen molar-refractivity contribution in [3.8, 4) is 6.01 Å². The summed E-state index contributed by atoms with van der Waals surface area (Å²) in [6.07, 6.45) is 4.54. The summed E-state index contributed by atoms with van der Waals surface area (Å²) >= 11 is 3.26. The number of methoxy groups -OCH3 is 2. The van der Waals surface area contributed by atoms with Crippen LogP contribution >= 0.6 is 15.9 Å². The summed E-state index contributed by atoms with van der Waals surface area (Å²) < 4.78 is 16.1. The standard InChI is InChI=1S/C16H15BrN2O4/c1-21-10-14(15(20)22-2)13-6-4-3-5-11(13)9-23-16-18-7-12(17)8-19-16/h3-8,10H,9H2,1-2H3/b14-10+. The van der Waals surface area contributed by atoms with Crippen LogP contribution in [0.3, 0.4) is 0 Å². The Kier molecular flexibility index (Phi) is 6.10. The molecule has 0 saturated carbocycles. The van der Waals surface area contributed by atoms with Crippen LogP contribution in [0.15, 0.2) is 47.4 Å². The van der Waals surface area contributed by atoms with Gasteiger partial charge in [0, 0.05) is 12.4 Å². The van der Waals surface area contributed by atoms with Gasteiger partial charge in [0.25, 0.3) is 0 Å². The van der Waals surface area contributed by atoms with Crippen LogP contribution in [0.1, 0.15) is 11.1 Å². The third kappa shape index (κ3) is 4.53. The van der Waals surface area contributed by atoms with Crippen LogP contribution in [0.5, 0.6) is 6.01 Å². The number of carbonyl (C=O) groups is 1. The van der Waals surface area contributed by atoms with Gasteiger partial charge in [0.15, 0.2) is 0 Å². The third-order valence-electron chi connectivity index (χ3n) is 2.90. The van der Waals surface area contributed by atoms with E-state index in [1.165, 1.54) is 20.5 Å². The first kappa shape index (κ1) is 17.0. The molecule has 6 nitrogen and oxygen atoms in total. The Morgan fingerprint density at radius 1 is 1.22 bits per heavy atom. The topological polar surface area (TPSA) is 70.5 Å². The molecule has 0 spiro atoms. The average molecular weight is 379 g/mol. The van der Waals surface area contributed by atoms with E-state index in [0.29, 0.717) is 11.1 Å². The lowest BCUT2D eigenvalue weighted by atomic mass is 10.0. The van der Waals surface area contributed by atoms with Crippen LogP contribution in [0.2, 0.25) is 0 Å². The van der Waals surface area contributed by atoms with Crippen LogP contribution in [0.25, 0.3) is 5.57 Å².